The van der Waals surface area contributed by atoms with Crippen LogP contribution in [0.4, 0.5) is 0 Å². The Bertz CT molecular complexity index is 608. The number of aromatic nitrogens is 2. The number of nitrogens with zero attached hydrogens (tertiary/aromatic N) is 4. The predicted octanol–water partition coefficient (Wildman–Crippen LogP) is 2.27. The molecule has 0 radical (unpaired) electrons. The van der Waals surface area contributed by atoms with Crippen molar-refractivity contribution in [2.75, 3.05) is 39.3 Å². The largest absolute Gasteiger partial charge is 0.342 e. The van der Waals surface area contributed by atoms with Gasteiger partial charge in [-0.25, -0.2) is 0 Å². The summed E-state index contributed by atoms with van der Waals surface area (Å²) in [4.78, 5) is 19.9. The highest BCUT2D eigenvalue weighted by Gasteiger charge is 2.33. The Morgan fingerprint density at radius 3 is 2.41 bits per heavy atom. The molecule has 3 aliphatic heterocycles. The van der Waals surface area contributed by atoms with Crippen LogP contribution in [-0.4, -0.2) is 76.1 Å². The Morgan fingerprint density at radius 2 is 1.78 bits per heavy atom. The van der Waals surface area contributed by atoms with Gasteiger partial charge in [0.15, 0.2) is 0 Å². The third-order valence-corrected chi connectivity index (χ3v) is 6.81. The summed E-state index contributed by atoms with van der Waals surface area (Å²) < 4.78 is 0. The molecule has 3 aliphatic rings. The molecule has 0 aromatic carbocycles. The molecular weight excluding hydrogens is 338 g/mol. The summed E-state index contributed by atoms with van der Waals surface area (Å²) in [6.45, 7) is 9.67. The summed E-state index contributed by atoms with van der Waals surface area (Å²) in [7, 11) is 0. The van der Waals surface area contributed by atoms with Crippen molar-refractivity contribution < 1.29 is 4.79 Å². The molecule has 0 unspecified atom stereocenters. The number of amides is 1. The van der Waals surface area contributed by atoms with E-state index in [9.17, 15) is 4.79 Å². The number of likely N-dealkylation sites (tertiary alicyclic amines) is 3. The highest BCUT2D eigenvalue weighted by atomic mass is 16.2. The molecule has 0 aliphatic carbocycles. The van der Waals surface area contributed by atoms with E-state index < -0.39 is 0 Å². The Hall–Kier alpha value is -1.40. The Balaban J connectivity index is 1.19. The van der Waals surface area contributed by atoms with Gasteiger partial charge in [-0.3, -0.25) is 14.8 Å². The molecule has 4 rings (SSSR count). The van der Waals surface area contributed by atoms with Crippen molar-refractivity contribution in [1.82, 2.24) is 24.9 Å². The third-order valence-electron chi connectivity index (χ3n) is 6.81. The van der Waals surface area contributed by atoms with Crippen LogP contribution < -0.4 is 0 Å². The second kappa shape index (κ2) is 8.74. The van der Waals surface area contributed by atoms with Crippen LogP contribution in [0.2, 0.25) is 0 Å². The van der Waals surface area contributed by atoms with E-state index in [0.717, 1.165) is 70.8 Å². The number of carbonyl (C=O) groups excluding carboxylic acids is 1. The molecule has 1 aromatic rings. The number of H-pyrrole nitrogens is 1. The van der Waals surface area contributed by atoms with Crippen LogP contribution in [-0.2, 0) is 17.8 Å². The molecule has 1 N–H and O–H groups in total. The van der Waals surface area contributed by atoms with Gasteiger partial charge in [0, 0.05) is 50.4 Å². The maximum absolute atomic E-state index is 12.6. The Morgan fingerprint density at radius 1 is 1.07 bits per heavy atom. The second-order valence-corrected chi connectivity index (χ2v) is 8.59. The molecule has 0 spiro atoms. The average molecular weight is 374 g/mol. The predicted molar refractivity (Wildman–Crippen MR) is 106 cm³/mol. The Labute approximate surface area is 163 Å². The van der Waals surface area contributed by atoms with Gasteiger partial charge in [0.1, 0.15) is 0 Å². The lowest BCUT2D eigenvalue weighted by Crippen LogP contribution is -2.49. The van der Waals surface area contributed by atoms with Gasteiger partial charge in [-0.1, -0.05) is 6.92 Å². The van der Waals surface area contributed by atoms with Crippen LogP contribution in [0.1, 0.15) is 56.8 Å². The third kappa shape index (κ3) is 4.54. The zero-order valence-electron chi connectivity index (χ0n) is 16.8. The van der Waals surface area contributed by atoms with E-state index in [4.69, 9.17) is 0 Å². The van der Waals surface area contributed by atoms with E-state index in [1.165, 1.54) is 31.4 Å². The first-order valence-electron chi connectivity index (χ1n) is 11.0. The van der Waals surface area contributed by atoms with Gasteiger partial charge in [-0.2, -0.15) is 5.10 Å². The van der Waals surface area contributed by atoms with Gasteiger partial charge in [-0.05, 0) is 64.1 Å². The van der Waals surface area contributed by atoms with Crippen LogP contribution in [0.15, 0.2) is 6.07 Å². The first kappa shape index (κ1) is 18.9. The summed E-state index contributed by atoms with van der Waals surface area (Å²) in [5.41, 5.74) is 2.40. The van der Waals surface area contributed by atoms with E-state index in [-0.39, 0.29) is 5.92 Å². The standard InChI is InChI=1S/C21H35N5O/c1-2-18-15-19(23-22-18)16-24-11-7-20(8-12-24)25-13-5-17(6-14-25)21(27)26-9-3-4-10-26/h15,17,20H,2-14,16H2,1H3,(H,22,23). The van der Waals surface area contributed by atoms with Crippen molar-refractivity contribution in [1.29, 1.82) is 0 Å². The molecule has 27 heavy (non-hydrogen) atoms. The SMILES string of the molecule is CCc1cc(CN2CCC(N3CCC(C(=O)N4CCCC4)CC3)CC2)[nH]n1. The number of aryl methyl sites for hydroxylation is 1. The van der Waals surface area contributed by atoms with Crippen LogP contribution in [0.5, 0.6) is 0 Å². The van der Waals surface area contributed by atoms with Gasteiger partial charge in [-0.15, -0.1) is 0 Å². The Kier molecular flexibility index (Phi) is 6.13. The lowest BCUT2D eigenvalue weighted by Gasteiger charge is -2.41. The summed E-state index contributed by atoms with van der Waals surface area (Å²) in [5, 5.41) is 7.53. The fourth-order valence-electron chi connectivity index (χ4n) is 5.06. The van der Waals surface area contributed by atoms with Crippen LogP contribution >= 0.6 is 0 Å². The molecule has 4 heterocycles. The fourth-order valence-corrected chi connectivity index (χ4v) is 5.06. The zero-order valence-corrected chi connectivity index (χ0v) is 16.8. The van der Waals surface area contributed by atoms with Crippen LogP contribution in [0.3, 0.4) is 0 Å². The van der Waals surface area contributed by atoms with E-state index in [1.807, 2.05) is 0 Å². The van der Waals surface area contributed by atoms with E-state index in [2.05, 4.69) is 37.9 Å². The van der Waals surface area contributed by atoms with Gasteiger partial charge in [0.05, 0.1) is 5.69 Å². The number of carbonyl (C=O) groups is 1. The molecule has 0 saturated carbocycles. The number of nitrogens with one attached hydrogen (secondary N) is 1. The van der Waals surface area contributed by atoms with Crippen molar-refractivity contribution in [3.8, 4) is 0 Å². The van der Waals surface area contributed by atoms with Crippen molar-refractivity contribution in [3.63, 3.8) is 0 Å². The molecule has 0 atom stereocenters. The highest BCUT2D eigenvalue weighted by Crippen LogP contribution is 2.26. The van der Waals surface area contributed by atoms with Crippen LogP contribution in [0.25, 0.3) is 0 Å². The summed E-state index contributed by atoms with van der Waals surface area (Å²) in [6, 6.07) is 2.91. The molecule has 6 nitrogen and oxygen atoms in total. The first-order valence-corrected chi connectivity index (χ1v) is 11.0. The van der Waals surface area contributed by atoms with Crippen molar-refractivity contribution in [3.05, 3.63) is 17.5 Å². The molecule has 3 fully saturated rings. The normalized spacial score (nSPS) is 24.0. The number of hydrogen-bond acceptors (Lipinski definition) is 4. The molecule has 6 heteroatoms. The number of hydrogen-bond donors (Lipinski definition) is 1. The van der Waals surface area contributed by atoms with Crippen molar-refractivity contribution in [2.45, 2.75) is 64.5 Å². The fraction of sp³-hybridized carbons (Fsp3) is 0.810. The van der Waals surface area contributed by atoms with Crippen molar-refractivity contribution in [2.24, 2.45) is 5.92 Å². The number of rotatable bonds is 5. The summed E-state index contributed by atoms with van der Waals surface area (Å²) in [5.74, 6) is 0.723. The van der Waals surface area contributed by atoms with E-state index in [1.54, 1.807) is 0 Å². The number of aromatic amines is 1. The lowest BCUT2D eigenvalue weighted by molar-refractivity contribution is -0.136. The molecule has 3 saturated heterocycles. The van der Waals surface area contributed by atoms with E-state index >= 15 is 0 Å². The molecule has 1 aromatic heterocycles. The maximum atomic E-state index is 12.6. The molecular formula is C21H35N5O. The quantitative estimate of drug-likeness (QED) is 0.860. The zero-order chi connectivity index (χ0) is 18.6. The number of piperidine rings is 2. The lowest BCUT2D eigenvalue weighted by atomic mass is 9.92. The minimum absolute atomic E-state index is 0.285. The van der Waals surface area contributed by atoms with Gasteiger partial charge in [0.2, 0.25) is 5.91 Å². The van der Waals surface area contributed by atoms with E-state index in [0.29, 0.717) is 11.9 Å². The van der Waals surface area contributed by atoms with Gasteiger partial charge >= 0.3 is 0 Å². The van der Waals surface area contributed by atoms with Gasteiger partial charge in [0.25, 0.3) is 0 Å². The molecule has 0 bridgehead atoms. The summed E-state index contributed by atoms with van der Waals surface area (Å²) >= 11 is 0. The first-order chi connectivity index (χ1) is 13.2. The van der Waals surface area contributed by atoms with Crippen molar-refractivity contribution >= 4 is 5.91 Å². The summed E-state index contributed by atoms with van der Waals surface area (Å²) in [6.07, 6.45) is 8.00. The minimum atomic E-state index is 0.285. The van der Waals surface area contributed by atoms with Crippen LogP contribution in [0, 0.1) is 5.92 Å². The minimum Gasteiger partial charge on any atom is -0.342 e. The molecule has 150 valence electrons. The molecule has 1 amide bonds. The monoisotopic (exact) mass is 373 g/mol. The smallest absolute Gasteiger partial charge is 0.225 e. The topological polar surface area (TPSA) is 55.5 Å². The van der Waals surface area contributed by atoms with Gasteiger partial charge < -0.3 is 9.80 Å². The maximum Gasteiger partial charge on any atom is 0.225 e. The second-order valence-electron chi connectivity index (χ2n) is 8.59. The average Bonchev–Trinajstić information content (AvgIpc) is 3.40. The highest BCUT2D eigenvalue weighted by molar-refractivity contribution is 5.79.